The van der Waals surface area contributed by atoms with Gasteiger partial charge >= 0.3 is 0 Å². The Morgan fingerprint density at radius 3 is 2.17 bits per heavy atom. The zero-order chi connectivity index (χ0) is 12.9. The van der Waals surface area contributed by atoms with Crippen LogP contribution in [0.4, 0.5) is 0 Å². The van der Waals surface area contributed by atoms with Crippen LogP contribution in [0.15, 0.2) is 18.2 Å². The van der Waals surface area contributed by atoms with Crippen molar-refractivity contribution in [3.63, 3.8) is 0 Å². The third-order valence-electron chi connectivity index (χ3n) is 5.22. The number of phenols is 1. The molecule has 0 radical (unpaired) electrons. The summed E-state index contributed by atoms with van der Waals surface area (Å²) in [5.41, 5.74) is 2.35. The van der Waals surface area contributed by atoms with Gasteiger partial charge in [-0.3, -0.25) is 0 Å². The van der Waals surface area contributed by atoms with Gasteiger partial charge in [0, 0.05) is 0 Å². The van der Waals surface area contributed by atoms with Crippen LogP contribution in [-0.4, -0.2) is 5.11 Å². The number of para-hydroxylation sites is 1. The van der Waals surface area contributed by atoms with Crippen molar-refractivity contribution in [2.45, 2.75) is 51.9 Å². The molecule has 4 atom stereocenters. The van der Waals surface area contributed by atoms with Crippen LogP contribution in [-0.2, 0) is 0 Å². The highest BCUT2D eigenvalue weighted by molar-refractivity contribution is 5.45. The third-order valence-corrected chi connectivity index (χ3v) is 5.22. The fraction of sp³-hybridized carbons (Fsp3) is 0.647. The Hall–Kier alpha value is -0.980. The van der Waals surface area contributed by atoms with Gasteiger partial charge < -0.3 is 5.11 Å². The maximum atomic E-state index is 10.6. The molecular weight excluding hydrogens is 220 g/mol. The molecule has 0 bridgehead atoms. The largest absolute Gasteiger partial charge is 0.507 e. The van der Waals surface area contributed by atoms with Gasteiger partial charge in [0.2, 0.25) is 0 Å². The Morgan fingerprint density at radius 1 is 1.11 bits per heavy atom. The molecule has 98 valence electrons. The lowest BCUT2D eigenvalue weighted by Gasteiger charge is -2.19. The molecule has 1 aromatic carbocycles. The van der Waals surface area contributed by atoms with Gasteiger partial charge in [0.25, 0.3) is 0 Å². The Balaban J connectivity index is 1.88. The van der Waals surface area contributed by atoms with Crippen LogP contribution in [0.25, 0.3) is 0 Å². The van der Waals surface area contributed by atoms with E-state index in [2.05, 4.69) is 39.0 Å². The first kappa shape index (κ1) is 12.1. The summed E-state index contributed by atoms with van der Waals surface area (Å²) in [4.78, 5) is 0. The van der Waals surface area contributed by atoms with Crippen LogP contribution >= 0.6 is 0 Å². The molecule has 0 aliphatic heterocycles. The molecule has 1 nitrogen and oxygen atoms in total. The van der Waals surface area contributed by atoms with Crippen molar-refractivity contribution in [2.24, 2.45) is 17.8 Å². The number of hydrogen-bond donors (Lipinski definition) is 1. The second kappa shape index (κ2) is 4.29. The first-order valence-corrected chi connectivity index (χ1v) is 7.41. The van der Waals surface area contributed by atoms with Gasteiger partial charge in [-0.15, -0.1) is 0 Å². The number of phenolic OH excluding ortho intramolecular Hbond substituents is 1. The predicted molar refractivity (Wildman–Crippen MR) is 74.9 cm³/mol. The molecule has 0 spiro atoms. The average Bonchev–Trinajstić information content (AvgIpc) is 3.22. The van der Waals surface area contributed by atoms with Crippen molar-refractivity contribution in [1.82, 2.24) is 0 Å². The fourth-order valence-corrected chi connectivity index (χ4v) is 3.44. The van der Waals surface area contributed by atoms with Crippen molar-refractivity contribution in [2.75, 3.05) is 0 Å². The minimum atomic E-state index is 0.506. The lowest BCUT2D eigenvalue weighted by Crippen LogP contribution is -2.02. The van der Waals surface area contributed by atoms with Crippen LogP contribution in [0, 0.1) is 17.8 Å². The van der Waals surface area contributed by atoms with E-state index < -0.39 is 0 Å². The van der Waals surface area contributed by atoms with E-state index in [4.69, 9.17) is 0 Å². The average molecular weight is 244 g/mol. The fourth-order valence-electron chi connectivity index (χ4n) is 3.44. The second-order valence-corrected chi connectivity index (χ2v) is 6.58. The van der Waals surface area contributed by atoms with Crippen molar-refractivity contribution in [3.05, 3.63) is 29.3 Å². The summed E-state index contributed by atoms with van der Waals surface area (Å²) in [6.45, 7) is 6.85. The lowest BCUT2D eigenvalue weighted by molar-refractivity contribution is 0.441. The molecule has 2 fully saturated rings. The summed E-state index contributed by atoms with van der Waals surface area (Å²) in [6.07, 6.45) is 3.99. The summed E-state index contributed by atoms with van der Waals surface area (Å²) in [7, 11) is 0. The molecule has 1 aromatic rings. The standard InChI is InChI=1S/C17H24O/c1-10-9-16(10)12(3)15-6-4-5-14(17(15)18)11(2)13-7-8-13/h4-6,10-13,16,18H,7-9H2,1-3H3/t10-,11?,12?,16?/m1/s1. The Morgan fingerprint density at radius 2 is 1.67 bits per heavy atom. The van der Waals surface area contributed by atoms with Crippen molar-refractivity contribution in [3.8, 4) is 5.75 Å². The van der Waals surface area contributed by atoms with E-state index in [0.29, 0.717) is 17.6 Å². The minimum absolute atomic E-state index is 0.506. The maximum Gasteiger partial charge on any atom is 0.122 e. The zero-order valence-corrected chi connectivity index (χ0v) is 11.7. The van der Waals surface area contributed by atoms with Crippen molar-refractivity contribution >= 4 is 0 Å². The Kier molecular flexibility index (Phi) is 2.88. The first-order valence-electron chi connectivity index (χ1n) is 7.41. The minimum Gasteiger partial charge on any atom is -0.507 e. The smallest absolute Gasteiger partial charge is 0.122 e. The van der Waals surface area contributed by atoms with E-state index in [1.54, 1.807) is 0 Å². The van der Waals surface area contributed by atoms with Crippen molar-refractivity contribution < 1.29 is 5.11 Å². The van der Waals surface area contributed by atoms with Gasteiger partial charge in [-0.1, -0.05) is 39.0 Å². The summed E-state index contributed by atoms with van der Waals surface area (Å²) in [5, 5.41) is 10.6. The summed E-state index contributed by atoms with van der Waals surface area (Å²) >= 11 is 0. The van der Waals surface area contributed by atoms with Crippen LogP contribution in [0.2, 0.25) is 0 Å². The molecule has 2 aliphatic rings. The van der Waals surface area contributed by atoms with Gasteiger partial charge in [-0.05, 0) is 60.0 Å². The molecule has 1 heteroatoms. The Bertz CT molecular complexity index is 447. The van der Waals surface area contributed by atoms with Gasteiger partial charge in [0.05, 0.1) is 0 Å². The summed E-state index contributed by atoms with van der Waals surface area (Å²) < 4.78 is 0. The lowest BCUT2D eigenvalue weighted by atomic mass is 9.88. The maximum absolute atomic E-state index is 10.6. The molecule has 1 N–H and O–H groups in total. The molecule has 0 aromatic heterocycles. The van der Waals surface area contributed by atoms with Crippen LogP contribution in [0.5, 0.6) is 5.75 Å². The predicted octanol–water partition coefficient (Wildman–Crippen LogP) is 4.67. The molecule has 3 unspecified atom stereocenters. The van der Waals surface area contributed by atoms with E-state index in [0.717, 1.165) is 17.8 Å². The van der Waals surface area contributed by atoms with E-state index in [1.807, 2.05) is 0 Å². The van der Waals surface area contributed by atoms with Gasteiger partial charge in [0.15, 0.2) is 0 Å². The van der Waals surface area contributed by atoms with E-state index in [-0.39, 0.29) is 0 Å². The van der Waals surface area contributed by atoms with Gasteiger partial charge in [-0.2, -0.15) is 0 Å². The van der Waals surface area contributed by atoms with E-state index in [9.17, 15) is 5.11 Å². The van der Waals surface area contributed by atoms with Crippen LogP contribution in [0.3, 0.4) is 0 Å². The number of benzene rings is 1. The SMILES string of the molecule is CC(c1cccc(C(C)C2C[C@H]2C)c1O)C1CC1. The number of aromatic hydroxyl groups is 1. The zero-order valence-electron chi connectivity index (χ0n) is 11.7. The quantitative estimate of drug-likeness (QED) is 0.816. The topological polar surface area (TPSA) is 20.2 Å². The third kappa shape index (κ3) is 2.04. The molecule has 0 amide bonds. The summed E-state index contributed by atoms with van der Waals surface area (Å²) in [5.74, 6) is 4.04. The highest BCUT2D eigenvalue weighted by Crippen LogP contribution is 2.51. The molecule has 0 heterocycles. The highest BCUT2D eigenvalue weighted by atomic mass is 16.3. The van der Waals surface area contributed by atoms with Gasteiger partial charge in [0.1, 0.15) is 5.75 Å². The molecule has 2 aliphatic carbocycles. The van der Waals surface area contributed by atoms with E-state index >= 15 is 0 Å². The number of hydrogen-bond acceptors (Lipinski definition) is 1. The van der Waals surface area contributed by atoms with Crippen LogP contribution in [0.1, 0.15) is 63.0 Å². The molecule has 2 saturated carbocycles. The summed E-state index contributed by atoms with van der Waals surface area (Å²) in [6, 6.07) is 6.37. The first-order chi connectivity index (χ1) is 8.59. The second-order valence-electron chi connectivity index (χ2n) is 6.58. The van der Waals surface area contributed by atoms with Crippen LogP contribution < -0.4 is 0 Å². The molecule has 18 heavy (non-hydrogen) atoms. The molecule has 3 rings (SSSR count). The normalized spacial score (nSPS) is 29.9. The molecular formula is C17H24O. The highest BCUT2D eigenvalue weighted by Gasteiger charge is 2.39. The van der Waals surface area contributed by atoms with E-state index in [1.165, 1.54) is 30.4 Å². The van der Waals surface area contributed by atoms with Gasteiger partial charge in [-0.25, -0.2) is 0 Å². The monoisotopic (exact) mass is 244 g/mol. The molecule has 0 saturated heterocycles. The Labute approximate surface area is 110 Å². The number of rotatable bonds is 4. The van der Waals surface area contributed by atoms with Crippen molar-refractivity contribution in [1.29, 1.82) is 0 Å².